The monoisotopic (exact) mass is 285 g/mol. The van der Waals surface area contributed by atoms with Gasteiger partial charge < -0.3 is 15.3 Å². The van der Waals surface area contributed by atoms with E-state index >= 15 is 0 Å². The maximum Gasteiger partial charge on any atom is 0.231 e. The van der Waals surface area contributed by atoms with Gasteiger partial charge in [0.05, 0.1) is 0 Å². The second kappa shape index (κ2) is 8.16. The second-order valence-corrected chi connectivity index (χ2v) is 5.25. The third kappa shape index (κ3) is 4.83. The Hall–Kier alpha value is -1.08. The van der Waals surface area contributed by atoms with Crippen LogP contribution in [0.4, 0.5) is 11.9 Å². The smallest absolute Gasteiger partial charge is 0.231 e. The van der Waals surface area contributed by atoms with Gasteiger partial charge in [0.15, 0.2) is 5.16 Å². The van der Waals surface area contributed by atoms with Crippen molar-refractivity contribution in [3.8, 4) is 0 Å². The Morgan fingerprint density at radius 1 is 1.26 bits per heavy atom. The number of aliphatic hydroxyl groups excluding tert-OH is 1. The van der Waals surface area contributed by atoms with Crippen molar-refractivity contribution >= 4 is 23.7 Å². The van der Waals surface area contributed by atoms with Crippen LogP contribution in [0.15, 0.2) is 5.16 Å². The minimum Gasteiger partial charge on any atom is -0.396 e. The van der Waals surface area contributed by atoms with E-state index in [1.807, 2.05) is 6.92 Å². The van der Waals surface area contributed by atoms with Gasteiger partial charge in [0.25, 0.3) is 0 Å². The molecule has 108 valence electrons. The first kappa shape index (κ1) is 16.0. The Bertz CT molecular complexity index is 386. The van der Waals surface area contributed by atoms with Gasteiger partial charge in [-0.25, -0.2) is 0 Å². The van der Waals surface area contributed by atoms with Crippen LogP contribution in [0.2, 0.25) is 0 Å². The van der Waals surface area contributed by atoms with Gasteiger partial charge in [-0.05, 0) is 19.8 Å². The molecule has 1 aromatic rings. The van der Waals surface area contributed by atoms with Crippen LogP contribution in [-0.2, 0) is 0 Å². The maximum absolute atomic E-state index is 9.05. The molecule has 0 aliphatic rings. The fourth-order valence-corrected chi connectivity index (χ4v) is 2.28. The maximum atomic E-state index is 9.05. The predicted octanol–water partition coefficient (Wildman–Crippen LogP) is 1.48. The summed E-state index contributed by atoms with van der Waals surface area (Å²) in [4.78, 5) is 15.3. The fourth-order valence-electron chi connectivity index (χ4n) is 1.44. The number of aliphatic hydroxyl groups is 1. The molecule has 0 saturated carbocycles. The number of hydrogen-bond donors (Lipinski definition) is 2. The summed E-state index contributed by atoms with van der Waals surface area (Å²) < 4.78 is 0. The van der Waals surface area contributed by atoms with E-state index in [9.17, 15) is 0 Å². The second-order valence-electron chi connectivity index (χ2n) is 4.26. The number of nitrogens with one attached hydrogen (secondary N) is 1. The molecule has 7 heteroatoms. The van der Waals surface area contributed by atoms with Gasteiger partial charge in [-0.15, -0.1) is 0 Å². The lowest BCUT2D eigenvalue weighted by Gasteiger charge is -2.19. The third-order valence-corrected chi connectivity index (χ3v) is 3.86. The molecular weight excluding hydrogens is 262 g/mol. The topological polar surface area (TPSA) is 74.2 Å². The first-order valence-corrected chi connectivity index (χ1v) is 7.55. The average molecular weight is 285 g/mol. The highest BCUT2D eigenvalue weighted by atomic mass is 32.2. The molecule has 19 heavy (non-hydrogen) atoms. The molecule has 6 nitrogen and oxygen atoms in total. The van der Waals surface area contributed by atoms with Crippen LogP contribution >= 0.6 is 11.8 Å². The molecule has 1 atom stereocenters. The van der Waals surface area contributed by atoms with Crippen molar-refractivity contribution in [1.29, 1.82) is 0 Å². The number of hydrogen-bond acceptors (Lipinski definition) is 7. The van der Waals surface area contributed by atoms with Crippen molar-refractivity contribution in [2.24, 2.45) is 5.92 Å². The molecule has 1 heterocycles. The minimum absolute atomic E-state index is 0.180. The summed E-state index contributed by atoms with van der Waals surface area (Å²) in [6.07, 6.45) is 0. The number of rotatable bonds is 8. The van der Waals surface area contributed by atoms with Crippen LogP contribution in [0, 0.1) is 5.92 Å². The van der Waals surface area contributed by atoms with E-state index in [2.05, 4.69) is 39.0 Å². The zero-order valence-corrected chi connectivity index (χ0v) is 12.9. The minimum atomic E-state index is 0.180. The number of nitrogens with zero attached hydrogens (tertiary/aromatic N) is 4. The summed E-state index contributed by atoms with van der Waals surface area (Å²) >= 11 is 1.55. The Kier molecular flexibility index (Phi) is 6.86. The van der Waals surface area contributed by atoms with Crippen LogP contribution in [0.25, 0.3) is 0 Å². The van der Waals surface area contributed by atoms with E-state index in [-0.39, 0.29) is 12.5 Å². The summed E-state index contributed by atoms with van der Waals surface area (Å²) in [7, 11) is 1.80. The van der Waals surface area contributed by atoms with Crippen molar-refractivity contribution in [2.45, 2.75) is 25.9 Å². The normalized spacial score (nSPS) is 12.3. The predicted molar refractivity (Wildman–Crippen MR) is 79.9 cm³/mol. The van der Waals surface area contributed by atoms with Crippen LogP contribution in [0.1, 0.15) is 20.8 Å². The van der Waals surface area contributed by atoms with Gasteiger partial charge in [0, 0.05) is 32.5 Å². The van der Waals surface area contributed by atoms with E-state index in [1.165, 1.54) is 0 Å². The Balaban J connectivity index is 2.88. The molecule has 0 aromatic carbocycles. The van der Waals surface area contributed by atoms with Gasteiger partial charge in [-0.1, -0.05) is 18.7 Å². The number of aromatic nitrogens is 3. The van der Waals surface area contributed by atoms with Crippen LogP contribution in [0.5, 0.6) is 0 Å². The lowest BCUT2D eigenvalue weighted by molar-refractivity contribution is 0.250. The quantitative estimate of drug-likeness (QED) is 0.701. The summed E-state index contributed by atoms with van der Waals surface area (Å²) in [6, 6.07) is 0. The van der Waals surface area contributed by atoms with E-state index in [4.69, 9.17) is 5.11 Å². The van der Waals surface area contributed by atoms with Crippen molar-refractivity contribution in [3.05, 3.63) is 0 Å². The Labute approximate surface area is 119 Å². The molecule has 0 aliphatic carbocycles. The summed E-state index contributed by atoms with van der Waals surface area (Å²) in [6.45, 7) is 8.06. The fraction of sp³-hybridized carbons (Fsp3) is 0.750. The summed E-state index contributed by atoms with van der Waals surface area (Å²) in [5, 5.41) is 12.7. The lowest BCUT2D eigenvalue weighted by atomic mass is 10.2. The number of anilines is 2. The summed E-state index contributed by atoms with van der Waals surface area (Å²) in [5.41, 5.74) is 0. The molecule has 0 amide bonds. The van der Waals surface area contributed by atoms with Gasteiger partial charge in [-0.2, -0.15) is 15.0 Å². The average Bonchev–Trinajstić information content (AvgIpc) is 2.45. The molecule has 0 bridgehead atoms. The Morgan fingerprint density at radius 3 is 2.47 bits per heavy atom. The highest BCUT2D eigenvalue weighted by Crippen LogP contribution is 2.20. The largest absolute Gasteiger partial charge is 0.396 e. The molecule has 1 unspecified atom stereocenters. The number of thioether (sulfide) groups is 1. The lowest BCUT2D eigenvalue weighted by Crippen LogP contribution is -2.25. The van der Waals surface area contributed by atoms with Gasteiger partial charge >= 0.3 is 0 Å². The summed E-state index contributed by atoms with van der Waals surface area (Å²) in [5.74, 6) is 2.30. The molecule has 0 spiro atoms. The van der Waals surface area contributed by atoms with Crippen molar-refractivity contribution in [1.82, 2.24) is 15.0 Å². The van der Waals surface area contributed by atoms with Gasteiger partial charge in [-0.3, -0.25) is 0 Å². The van der Waals surface area contributed by atoms with E-state index in [1.54, 1.807) is 18.8 Å². The third-order valence-electron chi connectivity index (χ3n) is 2.68. The van der Waals surface area contributed by atoms with Crippen molar-refractivity contribution in [3.63, 3.8) is 0 Å². The first-order valence-electron chi connectivity index (χ1n) is 6.56. The Morgan fingerprint density at radius 2 is 1.95 bits per heavy atom. The van der Waals surface area contributed by atoms with E-state index in [0.29, 0.717) is 17.1 Å². The molecule has 1 aromatic heterocycles. The molecule has 0 saturated heterocycles. The van der Waals surface area contributed by atoms with E-state index < -0.39 is 0 Å². The van der Waals surface area contributed by atoms with Crippen LogP contribution in [0.3, 0.4) is 0 Å². The van der Waals surface area contributed by atoms with E-state index in [0.717, 1.165) is 18.8 Å². The molecule has 2 N–H and O–H groups in total. The molecular formula is C12H23N5OS. The van der Waals surface area contributed by atoms with Crippen molar-refractivity contribution in [2.75, 3.05) is 42.7 Å². The first-order chi connectivity index (χ1) is 9.14. The standard InChI is InChI=1S/C12H23N5OS/c1-5-17(6-2)11-14-10(13-4)15-12(16-11)19-8-9(3)7-18/h9,18H,5-8H2,1-4H3,(H,13,14,15,16). The van der Waals surface area contributed by atoms with Crippen LogP contribution in [-0.4, -0.2) is 52.6 Å². The van der Waals surface area contributed by atoms with Gasteiger partial charge in [0.1, 0.15) is 0 Å². The zero-order chi connectivity index (χ0) is 14.3. The molecule has 0 radical (unpaired) electrons. The molecule has 0 fully saturated rings. The molecule has 0 aliphatic heterocycles. The van der Waals surface area contributed by atoms with Crippen molar-refractivity contribution < 1.29 is 5.11 Å². The zero-order valence-electron chi connectivity index (χ0n) is 12.1. The van der Waals surface area contributed by atoms with Crippen LogP contribution < -0.4 is 10.2 Å². The highest BCUT2D eigenvalue weighted by molar-refractivity contribution is 7.99. The van der Waals surface area contributed by atoms with Gasteiger partial charge in [0.2, 0.25) is 11.9 Å². The molecule has 1 rings (SSSR count). The highest BCUT2D eigenvalue weighted by Gasteiger charge is 2.11. The SMILES string of the molecule is CCN(CC)c1nc(NC)nc(SCC(C)CO)n1.